The summed E-state index contributed by atoms with van der Waals surface area (Å²) in [5, 5.41) is 30.1. The second-order valence-electron chi connectivity index (χ2n) is 6.34. The van der Waals surface area contributed by atoms with Crippen LogP contribution in [0, 0.1) is 0 Å². The number of phenols is 1. The number of aliphatic hydroxyl groups is 2. The molecule has 0 aromatic heterocycles. The molecule has 0 saturated carbocycles. The topological polar surface area (TPSA) is 96.2 Å². The maximum atomic E-state index is 11.7. The molecular formula is C23H26O6. The summed E-state index contributed by atoms with van der Waals surface area (Å²) in [4.78, 5) is 11.7. The van der Waals surface area contributed by atoms with Gasteiger partial charge in [-0.2, -0.15) is 0 Å². The highest BCUT2D eigenvalue weighted by Crippen LogP contribution is 2.26. The van der Waals surface area contributed by atoms with E-state index in [-0.39, 0.29) is 31.8 Å². The van der Waals surface area contributed by atoms with Crippen LogP contribution in [0.15, 0.2) is 72.0 Å². The Morgan fingerprint density at radius 3 is 2.48 bits per heavy atom. The number of ether oxygens (including phenoxy) is 2. The molecule has 0 amide bonds. The Labute approximate surface area is 170 Å². The van der Waals surface area contributed by atoms with E-state index in [1.165, 1.54) is 6.07 Å². The van der Waals surface area contributed by atoms with Crippen LogP contribution in [-0.4, -0.2) is 40.6 Å². The molecular weight excluding hydrogens is 372 g/mol. The smallest absolute Gasteiger partial charge is 0.335 e. The summed E-state index contributed by atoms with van der Waals surface area (Å²) in [6, 6.07) is 15.7. The lowest BCUT2D eigenvalue weighted by atomic mass is 10.0. The Bertz CT molecular complexity index is 839. The van der Waals surface area contributed by atoms with Crippen LogP contribution in [-0.2, 0) is 9.53 Å². The molecule has 154 valence electrons. The number of benzene rings is 2. The number of aliphatic hydroxyl groups excluding tert-OH is 2. The zero-order valence-corrected chi connectivity index (χ0v) is 16.3. The second kappa shape index (κ2) is 11.7. The fraction of sp³-hybridized carbons (Fsp3) is 0.304. The van der Waals surface area contributed by atoms with Crippen LogP contribution < -0.4 is 4.74 Å². The molecule has 3 N–H and O–H groups in total. The average molecular weight is 398 g/mol. The molecule has 0 heterocycles. The third-order valence-electron chi connectivity index (χ3n) is 4.10. The quantitative estimate of drug-likeness (QED) is 0.420. The highest BCUT2D eigenvalue weighted by Gasteiger charge is 2.18. The van der Waals surface area contributed by atoms with Crippen LogP contribution in [0.5, 0.6) is 11.5 Å². The third kappa shape index (κ3) is 7.47. The zero-order chi connectivity index (χ0) is 21.1. The molecule has 0 spiro atoms. The Balaban J connectivity index is 2.10. The van der Waals surface area contributed by atoms with Crippen molar-refractivity contribution in [1.82, 2.24) is 0 Å². The standard InChI is InChI=1S/C23H26O6/c1-2-28-23(27)22(26)15-17(16-29-18-10-4-3-5-11-18)9-8-14-21(25)19-12-6-7-13-20(19)24/h3-8,10-13,21-22,24-26H,2,14-16H2,1H3/t9?,21-,22-/m1/s1. The molecule has 0 aliphatic rings. The van der Waals surface area contributed by atoms with Crippen molar-refractivity contribution in [2.75, 3.05) is 13.2 Å². The van der Waals surface area contributed by atoms with Gasteiger partial charge in [0.2, 0.25) is 0 Å². The SMILES string of the molecule is CCOC(=O)[C@H](O)CC(=C=CC[C@@H](O)c1ccccc1O)COc1ccccc1. The van der Waals surface area contributed by atoms with Crippen LogP contribution in [0.25, 0.3) is 0 Å². The minimum Gasteiger partial charge on any atom is -0.508 e. The van der Waals surface area contributed by atoms with Crippen LogP contribution in [0.3, 0.4) is 0 Å². The van der Waals surface area contributed by atoms with E-state index in [2.05, 4.69) is 5.73 Å². The summed E-state index contributed by atoms with van der Waals surface area (Å²) in [6.45, 7) is 1.96. The number of para-hydroxylation sites is 2. The van der Waals surface area contributed by atoms with Gasteiger partial charge in [0.15, 0.2) is 6.10 Å². The molecule has 2 aromatic rings. The van der Waals surface area contributed by atoms with Crippen LogP contribution in [0.1, 0.15) is 31.4 Å². The van der Waals surface area contributed by atoms with Crippen LogP contribution in [0.4, 0.5) is 0 Å². The first-order valence-electron chi connectivity index (χ1n) is 9.42. The van der Waals surface area contributed by atoms with Gasteiger partial charge >= 0.3 is 5.97 Å². The van der Waals surface area contributed by atoms with Crippen molar-refractivity contribution in [3.8, 4) is 11.5 Å². The Hall–Kier alpha value is -3.05. The van der Waals surface area contributed by atoms with E-state index < -0.39 is 18.2 Å². The van der Waals surface area contributed by atoms with Crippen molar-refractivity contribution in [2.24, 2.45) is 0 Å². The molecule has 2 atom stereocenters. The van der Waals surface area contributed by atoms with Gasteiger partial charge in [0.05, 0.1) is 12.7 Å². The Kier molecular flexibility index (Phi) is 8.99. The number of esters is 1. The largest absolute Gasteiger partial charge is 0.508 e. The molecule has 0 aliphatic heterocycles. The number of aromatic hydroxyl groups is 1. The van der Waals surface area contributed by atoms with E-state index in [4.69, 9.17) is 9.47 Å². The number of rotatable bonds is 10. The number of carbonyl (C=O) groups is 1. The summed E-state index contributed by atoms with van der Waals surface area (Å²) in [5.74, 6) is -0.0461. The summed E-state index contributed by atoms with van der Waals surface area (Å²) < 4.78 is 10.5. The minimum absolute atomic E-state index is 0.00511. The highest BCUT2D eigenvalue weighted by molar-refractivity contribution is 5.74. The van der Waals surface area contributed by atoms with Gasteiger partial charge in [-0.1, -0.05) is 36.4 Å². The molecule has 0 fully saturated rings. The van der Waals surface area contributed by atoms with Gasteiger partial charge in [0.25, 0.3) is 0 Å². The lowest BCUT2D eigenvalue weighted by Crippen LogP contribution is -2.24. The zero-order valence-electron chi connectivity index (χ0n) is 16.3. The van der Waals surface area contributed by atoms with Gasteiger partial charge in [-0.25, -0.2) is 4.79 Å². The van der Waals surface area contributed by atoms with Crippen LogP contribution in [0.2, 0.25) is 0 Å². The lowest BCUT2D eigenvalue weighted by molar-refractivity contribution is -0.152. The maximum Gasteiger partial charge on any atom is 0.335 e. The predicted molar refractivity (Wildman–Crippen MR) is 108 cm³/mol. The molecule has 6 nitrogen and oxygen atoms in total. The minimum atomic E-state index is -1.33. The van der Waals surface area contributed by atoms with E-state index >= 15 is 0 Å². The number of carbonyl (C=O) groups excluding carboxylic acids is 1. The first kappa shape index (κ1) is 22.2. The summed E-state index contributed by atoms with van der Waals surface area (Å²) in [5.41, 5.74) is 3.95. The van der Waals surface area contributed by atoms with Crippen molar-refractivity contribution < 1.29 is 29.6 Å². The van der Waals surface area contributed by atoms with E-state index in [0.717, 1.165) is 0 Å². The molecule has 2 aromatic carbocycles. The predicted octanol–water partition coefficient (Wildman–Crippen LogP) is 3.29. The number of hydrogen-bond donors (Lipinski definition) is 3. The van der Waals surface area contributed by atoms with Crippen molar-refractivity contribution in [2.45, 2.75) is 32.0 Å². The maximum absolute atomic E-state index is 11.7. The van der Waals surface area contributed by atoms with Gasteiger partial charge in [-0.15, -0.1) is 5.73 Å². The molecule has 6 heteroatoms. The summed E-state index contributed by atoms with van der Waals surface area (Å²) in [7, 11) is 0. The second-order valence-corrected chi connectivity index (χ2v) is 6.34. The van der Waals surface area contributed by atoms with E-state index in [0.29, 0.717) is 16.9 Å². The normalized spacial score (nSPS) is 12.4. The Morgan fingerprint density at radius 2 is 1.79 bits per heavy atom. The van der Waals surface area contributed by atoms with Crippen LogP contribution >= 0.6 is 0 Å². The highest BCUT2D eigenvalue weighted by atomic mass is 16.5. The average Bonchev–Trinajstić information content (AvgIpc) is 2.73. The van der Waals surface area contributed by atoms with Crippen molar-refractivity contribution >= 4 is 5.97 Å². The fourth-order valence-electron chi connectivity index (χ4n) is 2.61. The van der Waals surface area contributed by atoms with Gasteiger partial charge in [-0.3, -0.25) is 0 Å². The van der Waals surface area contributed by atoms with E-state index in [9.17, 15) is 20.1 Å². The van der Waals surface area contributed by atoms with Crippen molar-refractivity contribution in [1.29, 1.82) is 0 Å². The molecule has 0 saturated heterocycles. The molecule has 0 aliphatic carbocycles. The van der Waals surface area contributed by atoms with Gasteiger partial charge in [0, 0.05) is 24.0 Å². The van der Waals surface area contributed by atoms with E-state index in [1.807, 2.05) is 18.2 Å². The first-order valence-corrected chi connectivity index (χ1v) is 9.42. The van der Waals surface area contributed by atoms with Crippen molar-refractivity contribution in [3.63, 3.8) is 0 Å². The number of phenolic OH excluding ortho intramolecular Hbond substituents is 1. The molecule has 0 unspecified atom stereocenters. The molecule has 0 radical (unpaired) electrons. The summed E-state index contributed by atoms with van der Waals surface area (Å²) >= 11 is 0. The molecule has 0 bridgehead atoms. The van der Waals surface area contributed by atoms with Gasteiger partial charge in [0.1, 0.15) is 18.1 Å². The fourth-order valence-corrected chi connectivity index (χ4v) is 2.61. The third-order valence-corrected chi connectivity index (χ3v) is 4.10. The summed E-state index contributed by atoms with van der Waals surface area (Å²) in [6.07, 6.45) is -0.446. The van der Waals surface area contributed by atoms with E-state index in [1.54, 1.807) is 43.3 Å². The van der Waals surface area contributed by atoms with Crippen molar-refractivity contribution in [3.05, 3.63) is 77.5 Å². The van der Waals surface area contributed by atoms with Gasteiger partial charge in [-0.05, 0) is 31.2 Å². The Morgan fingerprint density at radius 1 is 1.10 bits per heavy atom. The lowest BCUT2D eigenvalue weighted by Gasteiger charge is -2.12. The van der Waals surface area contributed by atoms with Gasteiger partial charge < -0.3 is 24.8 Å². The first-order chi connectivity index (χ1) is 14.0. The number of hydrogen-bond acceptors (Lipinski definition) is 6. The molecule has 29 heavy (non-hydrogen) atoms. The monoisotopic (exact) mass is 398 g/mol. The molecule has 2 rings (SSSR count).